The third-order valence-electron chi connectivity index (χ3n) is 2.23. The van der Waals surface area contributed by atoms with Gasteiger partial charge in [-0.05, 0) is 18.6 Å². The zero-order valence-electron chi connectivity index (χ0n) is 9.10. The van der Waals surface area contributed by atoms with Gasteiger partial charge in [-0.2, -0.15) is 0 Å². The molecule has 4 heteroatoms. The second-order valence-corrected chi connectivity index (χ2v) is 3.57. The fraction of sp³-hybridized carbons (Fsp3) is 0.250. The maximum Gasteiger partial charge on any atom is 0.251 e. The van der Waals surface area contributed by atoms with Gasteiger partial charge in [0, 0.05) is 30.4 Å². The summed E-state index contributed by atoms with van der Waals surface area (Å²) in [4.78, 5) is 22.6. The lowest BCUT2D eigenvalue weighted by atomic mass is 10.2. The first-order valence-electron chi connectivity index (χ1n) is 5.30. The van der Waals surface area contributed by atoms with Crippen molar-refractivity contribution in [1.82, 2.24) is 15.0 Å². The van der Waals surface area contributed by atoms with E-state index < -0.39 is 0 Å². The van der Waals surface area contributed by atoms with Gasteiger partial charge in [0.1, 0.15) is 5.82 Å². The van der Waals surface area contributed by atoms with Gasteiger partial charge in [0.15, 0.2) is 0 Å². The summed E-state index contributed by atoms with van der Waals surface area (Å²) in [6.07, 6.45) is 5.14. The van der Waals surface area contributed by atoms with Gasteiger partial charge >= 0.3 is 0 Å². The Kier molecular flexibility index (Phi) is 3.10. The first kappa shape index (κ1) is 10.5. The van der Waals surface area contributed by atoms with Crippen LogP contribution >= 0.6 is 0 Å². The standard InChI is InChI=1S/C12H13N3O/c1-2-4-11-14-10(7-12(16)15-11)9-5-3-6-13-8-9/h3,5-8H,2,4H2,1H3,(H,14,15,16). The number of nitrogens with one attached hydrogen (secondary N) is 1. The van der Waals surface area contributed by atoms with Gasteiger partial charge in [-0.3, -0.25) is 9.78 Å². The van der Waals surface area contributed by atoms with Crippen molar-refractivity contribution in [3.63, 3.8) is 0 Å². The highest BCUT2D eigenvalue weighted by molar-refractivity contribution is 5.56. The molecule has 0 spiro atoms. The molecule has 0 aliphatic carbocycles. The smallest absolute Gasteiger partial charge is 0.251 e. The van der Waals surface area contributed by atoms with Gasteiger partial charge < -0.3 is 4.98 Å². The number of aryl methyl sites for hydroxylation is 1. The van der Waals surface area contributed by atoms with Gasteiger partial charge in [0.2, 0.25) is 0 Å². The Balaban J connectivity index is 2.45. The Bertz CT molecular complexity index is 519. The molecule has 16 heavy (non-hydrogen) atoms. The Labute approximate surface area is 93.4 Å². The molecule has 2 heterocycles. The van der Waals surface area contributed by atoms with Crippen molar-refractivity contribution in [3.05, 3.63) is 46.8 Å². The van der Waals surface area contributed by atoms with Gasteiger partial charge in [-0.15, -0.1) is 0 Å². The molecule has 0 unspecified atom stereocenters. The highest BCUT2D eigenvalue weighted by atomic mass is 16.1. The minimum Gasteiger partial charge on any atom is -0.311 e. The summed E-state index contributed by atoms with van der Waals surface area (Å²) in [5.74, 6) is 0.730. The molecule has 0 fully saturated rings. The average molecular weight is 215 g/mol. The van der Waals surface area contributed by atoms with E-state index in [0.717, 1.165) is 24.2 Å². The van der Waals surface area contributed by atoms with Crippen molar-refractivity contribution in [1.29, 1.82) is 0 Å². The van der Waals surface area contributed by atoms with Crippen LogP contribution in [-0.2, 0) is 6.42 Å². The molecular formula is C12H13N3O. The first-order chi connectivity index (χ1) is 7.79. The maximum atomic E-state index is 11.4. The maximum absolute atomic E-state index is 11.4. The molecular weight excluding hydrogens is 202 g/mol. The first-order valence-corrected chi connectivity index (χ1v) is 5.30. The Morgan fingerprint density at radius 1 is 1.44 bits per heavy atom. The molecule has 0 amide bonds. The highest BCUT2D eigenvalue weighted by Crippen LogP contribution is 2.13. The predicted molar refractivity (Wildman–Crippen MR) is 62.1 cm³/mol. The number of rotatable bonds is 3. The lowest BCUT2D eigenvalue weighted by Crippen LogP contribution is -2.11. The van der Waals surface area contributed by atoms with Crippen LogP contribution in [0.1, 0.15) is 19.2 Å². The summed E-state index contributed by atoms with van der Waals surface area (Å²) in [5.41, 5.74) is 1.43. The number of H-pyrrole nitrogens is 1. The molecule has 0 aromatic carbocycles. The Morgan fingerprint density at radius 3 is 3.00 bits per heavy atom. The minimum absolute atomic E-state index is 0.114. The summed E-state index contributed by atoms with van der Waals surface area (Å²) in [6.45, 7) is 2.05. The average Bonchev–Trinajstić information content (AvgIpc) is 2.30. The summed E-state index contributed by atoms with van der Waals surface area (Å²) in [5, 5.41) is 0. The molecule has 4 nitrogen and oxygen atoms in total. The third-order valence-corrected chi connectivity index (χ3v) is 2.23. The van der Waals surface area contributed by atoms with E-state index in [1.807, 2.05) is 12.1 Å². The SMILES string of the molecule is CCCc1nc(-c2cccnc2)cc(=O)[nH]1. The molecule has 0 saturated carbocycles. The van der Waals surface area contributed by atoms with E-state index in [1.54, 1.807) is 12.4 Å². The second-order valence-electron chi connectivity index (χ2n) is 3.57. The topological polar surface area (TPSA) is 58.6 Å². The lowest BCUT2D eigenvalue weighted by Gasteiger charge is -2.02. The quantitative estimate of drug-likeness (QED) is 0.849. The van der Waals surface area contributed by atoms with E-state index in [2.05, 4.69) is 21.9 Å². The molecule has 82 valence electrons. The van der Waals surface area contributed by atoms with Crippen molar-refractivity contribution in [3.8, 4) is 11.3 Å². The minimum atomic E-state index is -0.114. The van der Waals surface area contributed by atoms with E-state index in [4.69, 9.17) is 0 Å². The monoisotopic (exact) mass is 215 g/mol. The molecule has 2 aromatic heterocycles. The van der Waals surface area contributed by atoms with Crippen LogP contribution in [0.25, 0.3) is 11.3 Å². The fourth-order valence-corrected chi connectivity index (χ4v) is 1.53. The number of hydrogen-bond donors (Lipinski definition) is 1. The second kappa shape index (κ2) is 4.70. The van der Waals surface area contributed by atoms with Crippen LogP contribution < -0.4 is 5.56 Å². The lowest BCUT2D eigenvalue weighted by molar-refractivity contribution is 0.827. The molecule has 0 atom stereocenters. The zero-order chi connectivity index (χ0) is 11.4. The largest absolute Gasteiger partial charge is 0.311 e. The molecule has 1 N–H and O–H groups in total. The van der Waals surface area contributed by atoms with Crippen molar-refractivity contribution in [2.75, 3.05) is 0 Å². The number of aromatic nitrogens is 3. The number of hydrogen-bond acceptors (Lipinski definition) is 3. The molecule has 0 radical (unpaired) electrons. The summed E-state index contributed by atoms with van der Waals surface area (Å²) in [6, 6.07) is 5.22. The van der Waals surface area contributed by atoms with Crippen LogP contribution in [0.5, 0.6) is 0 Å². The highest BCUT2D eigenvalue weighted by Gasteiger charge is 2.03. The normalized spacial score (nSPS) is 10.3. The summed E-state index contributed by atoms with van der Waals surface area (Å²) in [7, 11) is 0. The number of pyridine rings is 1. The van der Waals surface area contributed by atoms with Crippen LogP contribution in [0.2, 0.25) is 0 Å². The van der Waals surface area contributed by atoms with Crippen molar-refractivity contribution in [2.45, 2.75) is 19.8 Å². The summed E-state index contributed by atoms with van der Waals surface area (Å²) >= 11 is 0. The third kappa shape index (κ3) is 2.34. The van der Waals surface area contributed by atoms with Crippen molar-refractivity contribution in [2.24, 2.45) is 0 Å². The molecule has 0 saturated heterocycles. The number of nitrogens with zero attached hydrogens (tertiary/aromatic N) is 2. The molecule has 2 aromatic rings. The van der Waals surface area contributed by atoms with Gasteiger partial charge in [-0.1, -0.05) is 6.92 Å². The van der Waals surface area contributed by atoms with Gasteiger partial charge in [0.05, 0.1) is 5.69 Å². The van der Waals surface area contributed by atoms with E-state index >= 15 is 0 Å². The van der Waals surface area contributed by atoms with Crippen LogP contribution in [-0.4, -0.2) is 15.0 Å². The van der Waals surface area contributed by atoms with Crippen LogP contribution in [0.4, 0.5) is 0 Å². The van der Waals surface area contributed by atoms with Crippen LogP contribution in [0.3, 0.4) is 0 Å². The van der Waals surface area contributed by atoms with E-state index in [9.17, 15) is 4.79 Å². The molecule has 0 bridgehead atoms. The van der Waals surface area contributed by atoms with Crippen molar-refractivity contribution >= 4 is 0 Å². The van der Waals surface area contributed by atoms with Crippen LogP contribution in [0.15, 0.2) is 35.4 Å². The van der Waals surface area contributed by atoms with Crippen molar-refractivity contribution < 1.29 is 0 Å². The molecule has 2 rings (SSSR count). The molecule has 0 aliphatic heterocycles. The van der Waals surface area contributed by atoms with E-state index in [1.165, 1.54) is 6.07 Å². The Morgan fingerprint density at radius 2 is 2.31 bits per heavy atom. The zero-order valence-corrected chi connectivity index (χ0v) is 9.10. The summed E-state index contributed by atoms with van der Waals surface area (Å²) < 4.78 is 0. The molecule has 0 aliphatic rings. The predicted octanol–water partition coefficient (Wildman–Crippen LogP) is 1.78. The van der Waals surface area contributed by atoms with Gasteiger partial charge in [0.25, 0.3) is 5.56 Å². The fourth-order valence-electron chi connectivity index (χ4n) is 1.53. The number of aromatic amines is 1. The van der Waals surface area contributed by atoms with Gasteiger partial charge in [-0.25, -0.2) is 4.98 Å². The van der Waals surface area contributed by atoms with E-state index in [-0.39, 0.29) is 5.56 Å². The van der Waals surface area contributed by atoms with E-state index in [0.29, 0.717) is 5.69 Å². The Hall–Kier alpha value is -1.97. The van der Waals surface area contributed by atoms with Crippen LogP contribution in [0, 0.1) is 0 Å².